The lowest BCUT2D eigenvalue weighted by atomic mass is 10.1. The van der Waals surface area contributed by atoms with Crippen LogP contribution >= 0.6 is 22.9 Å². The van der Waals surface area contributed by atoms with Gasteiger partial charge in [-0.15, -0.1) is 11.3 Å². The number of hydrogen-bond acceptors (Lipinski definition) is 3. The van der Waals surface area contributed by atoms with Crippen molar-refractivity contribution < 1.29 is 0 Å². The van der Waals surface area contributed by atoms with Crippen molar-refractivity contribution in [2.45, 2.75) is 13.8 Å². The van der Waals surface area contributed by atoms with Gasteiger partial charge >= 0.3 is 0 Å². The third-order valence-corrected chi connectivity index (χ3v) is 6.95. The van der Waals surface area contributed by atoms with Gasteiger partial charge in [0.15, 0.2) is 10.5 Å². The number of para-hydroxylation sites is 1. The summed E-state index contributed by atoms with van der Waals surface area (Å²) < 4.78 is 5.57. The minimum absolute atomic E-state index is 0.154. The van der Waals surface area contributed by atoms with Crippen molar-refractivity contribution in [3.05, 3.63) is 116 Å². The Labute approximate surface area is 206 Å². The Morgan fingerprint density at radius 2 is 1.53 bits per heavy atom. The first-order chi connectivity index (χ1) is 16.4. The largest absolute Gasteiger partial charge is 0.297 e. The first-order valence-electron chi connectivity index (χ1n) is 10.9. The zero-order chi connectivity index (χ0) is 23.8. The molecule has 34 heavy (non-hydrogen) atoms. The van der Waals surface area contributed by atoms with E-state index < -0.39 is 0 Å². The van der Waals surface area contributed by atoms with E-state index in [1.807, 2.05) is 73.3 Å². The van der Waals surface area contributed by atoms with Gasteiger partial charge in [0.05, 0.1) is 17.1 Å². The Morgan fingerprint density at radius 1 is 0.853 bits per heavy atom. The van der Waals surface area contributed by atoms with E-state index in [-0.39, 0.29) is 5.56 Å². The van der Waals surface area contributed by atoms with Crippen LogP contribution in [0, 0.1) is 13.8 Å². The zero-order valence-electron chi connectivity index (χ0n) is 19.1. The summed E-state index contributed by atoms with van der Waals surface area (Å²) in [5.41, 5.74) is 6.07. The molecule has 2 heterocycles. The van der Waals surface area contributed by atoms with Gasteiger partial charge in [0.2, 0.25) is 0 Å². The predicted molar refractivity (Wildman–Crippen MR) is 140 cm³/mol. The molecule has 0 fully saturated rings. The average molecular weight is 487 g/mol. The molecule has 0 aliphatic carbocycles. The van der Waals surface area contributed by atoms with Crippen LogP contribution in [0.4, 0.5) is 5.69 Å². The molecule has 2 aromatic heterocycles. The zero-order valence-corrected chi connectivity index (χ0v) is 20.6. The van der Waals surface area contributed by atoms with Crippen molar-refractivity contribution in [2.24, 2.45) is 12.0 Å². The minimum atomic E-state index is -0.154. The molecular weight excluding hydrogens is 464 g/mol. The van der Waals surface area contributed by atoms with Crippen LogP contribution in [0.2, 0.25) is 5.02 Å². The Bertz CT molecular complexity index is 1590. The summed E-state index contributed by atoms with van der Waals surface area (Å²) in [7, 11) is 1.88. The highest BCUT2D eigenvalue weighted by Crippen LogP contribution is 2.25. The van der Waals surface area contributed by atoms with Crippen molar-refractivity contribution in [1.29, 1.82) is 0 Å². The average Bonchev–Trinajstić information content (AvgIpc) is 3.35. The molecular formula is C27H23ClN4OS. The number of halogens is 1. The molecule has 5 aromatic rings. The van der Waals surface area contributed by atoms with Crippen LogP contribution in [0.5, 0.6) is 0 Å². The quantitative estimate of drug-likeness (QED) is 0.298. The number of benzene rings is 3. The van der Waals surface area contributed by atoms with Gasteiger partial charge in [-0.3, -0.25) is 14.0 Å². The van der Waals surface area contributed by atoms with Crippen molar-refractivity contribution in [3.8, 4) is 22.6 Å². The smallest absolute Gasteiger partial charge is 0.285 e. The lowest BCUT2D eigenvalue weighted by Crippen LogP contribution is -2.20. The van der Waals surface area contributed by atoms with E-state index in [1.54, 1.807) is 4.68 Å². The topological polar surface area (TPSA) is 44.2 Å². The molecule has 0 bridgehead atoms. The number of aromatic nitrogens is 3. The number of hydrogen-bond donors (Lipinski definition) is 0. The monoisotopic (exact) mass is 486 g/mol. The van der Waals surface area contributed by atoms with E-state index >= 15 is 0 Å². The summed E-state index contributed by atoms with van der Waals surface area (Å²) >= 11 is 7.66. The molecule has 0 atom stereocenters. The predicted octanol–water partition coefficient (Wildman–Crippen LogP) is 6.20. The van der Waals surface area contributed by atoms with Crippen LogP contribution < -0.4 is 10.4 Å². The van der Waals surface area contributed by atoms with Gasteiger partial charge in [0.1, 0.15) is 0 Å². The van der Waals surface area contributed by atoms with Crippen molar-refractivity contribution in [2.75, 3.05) is 0 Å². The van der Waals surface area contributed by atoms with Gasteiger partial charge in [0.25, 0.3) is 5.56 Å². The number of thiazole rings is 1. The lowest BCUT2D eigenvalue weighted by molar-refractivity contribution is 0.630. The summed E-state index contributed by atoms with van der Waals surface area (Å²) in [4.78, 5) is 19.1. The molecule has 0 aliphatic heterocycles. The third-order valence-electron chi connectivity index (χ3n) is 5.87. The molecule has 0 saturated heterocycles. The first kappa shape index (κ1) is 22.2. The normalized spacial score (nSPS) is 11.8. The summed E-state index contributed by atoms with van der Waals surface area (Å²) in [5.74, 6) is 0. The van der Waals surface area contributed by atoms with Crippen LogP contribution in [0.25, 0.3) is 22.6 Å². The van der Waals surface area contributed by atoms with Gasteiger partial charge in [0, 0.05) is 23.1 Å². The van der Waals surface area contributed by atoms with Crippen molar-refractivity contribution >= 4 is 28.6 Å². The summed E-state index contributed by atoms with van der Waals surface area (Å²) in [6.45, 7) is 3.99. The molecule has 0 amide bonds. The summed E-state index contributed by atoms with van der Waals surface area (Å²) in [5, 5.41) is 2.74. The molecule has 0 unspecified atom stereocenters. The highest BCUT2D eigenvalue weighted by molar-refractivity contribution is 7.07. The van der Waals surface area contributed by atoms with E-state index in [1.165, 1.54) is 16.9 Å². The highest BCUT2D eigenvalue weighted by atomic mass is 35.5. The second-order valence-corrected chi connectivity index (χ2v) is 9.38. The van der Waals surface area contributed by atoms with E-state index in [4.69, 9.17) is 16.6 Å². The Hall–Kier alpha value is -3.61. The molecule has 0 aliphatic rings. The summed E-state index contributed by atoms with van der Waals surface area (Å²) in [6, 6.07) is 25.6. The maximum atomic E-state index is 13.4. The van der Waals surface area contributed by atoms with Crippen LogP contribution in [0.1, 0.15) is 11.3 Å². The number of rotatable bonds is 4. The molecule has 3 aromatic carbocycles. The van der Waals surface area contributed by atoms with Gasteiger partial charge in [-0.2, -0.15) is 0 Å². The number of aryl methyl sites for hydroxylation is 1. The molecule has 170 valence electrons. The second-order valence-electron chi connectivity index (χ2n) is 8.10. The molecule has 0 radical (unpaired) electrons. The van der Waals surface area contributed by atoms with E-state index in [0.717, 1.165) is 28.3 Å². The lowest BCUT2D eigenvalue weighted by Gasteiger charge is -2.10. The van der Waals surface area contributed by atoms with Crippen LogP contribution in [0.15, 0.2) is 94.0 Å². The molecule has 7 heteroatoms. The number of nitrogens with zero attached hydrogens (tertiary/aromatic N) is 4. The maximum absolute atomic E-state index is 13.4. The molecule has 5 rings (SSSR count). The van der Waals surface area contributed by atoms with Gasteiger partial charge in [-0.1, -0.05) is 59.6 Å². The van der Waals surface area contributed by atoms with E-state index in [0.29, 0.717) is 15.5 Å². The van der Waals surface area contributed by atoms with E-state index in [2.05, 4.69) is 41.1 Å². The molecule has 0 N–H and O–H groups in total. The van der Waals surface area contributed by atoms with E-state index in [9.17, 15) is 4.79 Å². The van der Waals surface area contributed by atoms with Gasteiger partial charge < -0.3 is 0 Å². The summed E-state index contributed by atoms with van der Waals surface area (Å²) in [6.07, 6.45) is 0. The van der Waals surface area contributed by atoms with Crippen LogP contribution in [0.3, 0.4) is 0 Å². The fourth-order valence-corrected chi connectivity index (χ4v) is 4.97. The molecule has 5 nitrogen and oxygen atoms in total. The van der Waals surface area contributed by atoms with Gasteiger partial charge in [-0.25, -0.2) is 9.67 Å². The third kappa shape index (κ3) is 3.95. The Balaban J connectivity index is 1.76. The van der Waals surface area contributed by atoms with Crippen LogP contribution in [-0.4, -0.2) is 13.9 Å². The van der Waals surface area contributed by atoms with Crippen molar-refractivity contribution in [3.63, 3.8) is 0 Å². The fraction of sp³-hybridized carbons (Fsp3) is 0.111. The minimum Gasteiger partial charge on any atom is -0.285 e. The van der Waals surface area contributed by atoms with Crippen LogP contribution in [-0.2, 0) is 7.05 Å². The molecule has 0 spiro atoms. The highest BCUT2D eigenvalue weighted by Gasteiger charge is 2.17. The molecule has 0 saturated carbocycles. The Morgan fingerprint density at radius 3 is 2.21 bits per heavy atom. The Kier molecular flexibility index (Phi) is 5.86. The second kappa shape index (κ2) is 8.97. The standard InChI is InChI=1S/C27H23ClN4OS/c1-18-9-11-20(12-10-18)24-17-34-27(31(24)22-15-13-21(28)14-16-22)29-25-19(2)30(3)32(26(25)33)23-7-5-4-6-8-23/h4-17H,1-3H3. The van der Waals surface area contributed by atoms with Gasteiger partial charge in [-0.05, 0) is 55.8 Å². The maximum Gasteiger partial charge on any atom is 0.297 e. The fourth-order valence-electron chi connectivity index (χ4n) is 3.93. The SMILES string of the molecule is Cc1ccc(-c2csc(=Nc3c(C)n(C)n(-c4ccccc4)c3=O)n2-c2ccc(Cl)cc2)cc1. The van der Waals surface area contributed by atoms with Crippen molar-refractivity contribution in [1.82, 2.24) is 13.9 Å². The first-order valence-corrected chi connectivity index (χ1v) is 12.1.